The Morgan fingerprint density at radius 2 is 2.00 bits per heavy atom. The first-order chi connectivity index (χ1) is 8.69. The van der Waals surface area contributed by atoms with Crippen LogP contribution < -0.4 is 5.32 Å². The molecule has 3 nitrogen and oxygen atoms in total. The van der Waals surface area contributed by atoms with Gasteiger partial charge in [-0.15, -0.1) is 0 Å². The van der Waals surface area contributed by atoms with Crippen LogP contribution in [-0.2, 0) is 6.42 Å². The largest absolute Gasteiger partial charge is 0.365 e. The van der Waals surface area contributed by atoms with Crippen molar-refractivity contribution >= 4 is 5.82 Å². The van der Waals surface area contributed by atoms with Crippen molar-refractivity contribution in [3.63, 3.8) is 0 Å². The minimum Gasteiger partial charge on any atom is -0.365 e. The van der Waals surface area contributed by atoms with Crippen molar-refractivity contribution in [1.82, 2.24) is 9.97 Å². The summed E-state index contributed by atoms with van der Waals surface area (Å²) in [7, 11) is 0. The van der Waals surface area contributed by atoms with E-state index >= 15 is 0 Å². The van der Waals surface area contributed by atoms with Crippen molar-refractivity contribution in [3.8, 4) is 0 Å². The molecule has 1 unspecified atom stereocenters. The van der Waals surface area contributed by atoms with Crippen LogP contribution in [0.25, 0.3) is 0 Å². The second-order valence-corrected chi connectivity index (χ2v) is 4.73. The number of rotatable bonds is 8. The molecule has 0 aliphatic heterocycles. The third-order valence-corrected chi connectivity index (χ3v) is 3.07. The molecule has 1 N–H and O–H groups in total. The highest BCUT2D eigenvalue weighted by molar-refractivity contribution is 5.38. The Morgan fingerprint density at radius 3 is 2.67 bits per heavy atom. The zero-order valence-electron chi connectivity index (χ0n) is 11.7. The lowest BCUT2D eigenvalue weighted by Crippen LogP contribution is -2.17. The molecule has 0 bridgehead atoms. The molecule has 0 radical (unpaired) electrons. The van der Waals surface area contributed by atoms with Gasteiger partial charge >= 0.3 is 0 Å². The average molecular weight is 253 g/mol. The predicted molar refractivity (Wildman–Crippen MR) is 73.2 cm³/mol. The maximum Gasteiger partial charge on any atom is 0.186 e. The summed E-state index contributed by atoms with van der Waals surface area (Å²) in [5.41, 5.74) is 0.477. The van der Waals surface area contributed by atoms with Crippen molar-refractivity contribution in [1.29, 1.82) is 0 Å². The van der Waals surface area contributed by atoms with E-state index < -0.39 is 0 Å². The van der Waals surface area contributed by atoms with Crippen LogP contribution in [0.1, 0.15) is 58.6 Å². The average Bonchev–Trinajstić information content (AvgIpc) is 2.37. The first-order valence-electron chi connectivity index (χ1n) is 6.94. The summed E-state index contributed by atoms with van der Waals surface area (Å²) in [6.45, 7) is 6.16. The van der Waals surface area contributed by atoms with Crippen molar-refractivity contribution in [2.75, 3.05) is 5.32 Å². The highest BCUT2D eigenvalue weighted by Gasteiger charge is 2.11. The summed E-state index contributed by atoms with van der Waals surface area (Å²) < 4.78 is 13.9. The van der Waals surface area contributed by atoms with Gasteiger partial charge in [-0.1, -0.05) is 39.5 Å². The van der Waals surface area contributed by atoms with Gasteiger partial charge in [0.25, 0.3) is 0 Å². The van der Waals surface area contributed by atoms with E-state index in [2.05, 4.69) is 29.1 Å². The Morgan fingerprint density at radius 1 is 1.22 bits per heavy atom. The normalized spacial score (nSPS) is 12.4. The van der Waals surface area contributed by atoms with E-state index in [0.29, 0.717) is 17.9 Å². The van der Waals surface area contributed by atoms with E-state index in [9.17, 15) is 4.39 Å². The van der Waals surface area contributed by atoms with Crippen LogP contribution >= 0.6 is 0 Å². The molecule has 102 valence electrons. The number of halogens is 1. The predicted octanol–water partition coefficient (Wildman–Crippen LogP) is 3.95. The molecule has 4 heteroatoms. The Balaban J connectivity index is 2.46. The zero-order valence-corrected chi connectivity index (χ0v) is 11.7. The van der Waals surface area contributed by atoms with Gasteiger partial charge in [-0.25, -0.2) is 14.4 Å². The molecule has 0 amide bonds. The lowest BCUT2D eigenvalue weighted by atomic mass is 10.1. The minimum atomic E-state index is -0.305. The molecule has 1 atom stereocenters. The van der Waals surface area contributed by atoms with Crippen molar-refractivity contribution < 1.29 is 4.39 Å². The minimum absolute atomic E-state index is 0.246. The maximum absolute atomic E-state index is 13.9. The van der Waals surface area contributed by atoms with Gasteiger partial charge in [0.1, 0.15) is 6.33 Å². The van der Waals surface area contributed by atoms with E-state index in [1.807, 2.05) is 6.92 Å². The van der Waals surface area contributed by atoms with E-state index in [-0.39, 0.29) is 11.9 Å². The number of nitrogens with zero attached hydrogens (tertiary/aromatic N) is 2. The summed E-state index contributed by atoms with van der Waals surface area (Å²) in [5, 5.41) is 3.14. The van der Waals surface area contributed by atoms with Crippen LogP contribution in [-0.4, -0.2) is 16.0 Å². The molecule has 18 heavy (non-hydrogen) atoms. The van der Waals surface area contributed by atoms with Crippen LogP contribution in [0.4, 0.5) is 10.2 Å². The van der Waals surface area contributed by atoms with Gasteiger partial charge in [-0.3, -0.25) is 0 Å². The van der Waals surface area contributed by atoms with Crippen LogP contribution in [0.15, 0.2) is 6.33 Å². The van der Waals surface area contributed by atoms with Gasteiger partial charge in [0, 0.05) is 6.04 Å². The third-order valence-electron chi connectivity index (χ3n) is 3.07. The summed E-state index contributed by atoms with van der Waals surface area (Å²) >= 11 is 0. The highest BCUT2D eigenvalue weighted by Crippen LogP contribution is 2.16. The second-order valence-electron chi connectivity index (χ2n) is 4.73. The van der Waals surface area contributed by atoms with Crippen LogP contribution in [0.3, 0.4) is 0 Å². The lowest BCUT2D eigenvalue weighted by molar-refractivity contribution is 0.573. The topological polar surface area (TPSA) is 37.8 Å². The second kappa shape index (κ2) is 8.01. The van der Waals surface area contributed by atoms with E-state index in [4.69, 9.17) is 0 Å². The quantitative estimate of drug-likeness (QED) is 0.713. The number of aromatic nitrogens is 2. The molecule has 0 fully saturated rings. The third kappa shape index (κ3) is 4.59. The summed E-state index contributed by atoms with van der Waals surface area (Å²) in [6.07, 6.45) is 7.99. The summed E-state index contributed by atoms with van der Waals surface area (Å²) in [6, 6.07) is 0.246. The Hall–Kier alpha value is -1.19. The molecule has 0 spiro atoms. The molecular formula is C14H24FN3. The molecule has 0 saturated heterocycles. The lowest BCUT2D eigenvalue weighted by Gasteiger charge is -2.15. The fourth-order valence-electron chi connectivity index (χ4n) is 1.94. The number of nitrogens with one attached hydrogen (secondary N) is 1. The number of aryl methyl sites for hydroxylation is 1. The van der Waals surface area contributed by atoms with Gasteiger partial charge in [0.05, 0.1) is 5.69 Å². The summed E-state index contributed by atoms with van der Waals surface area (Å²) in [5.74, 6) is 0.0326. The van der Waals surface area contributed by atoms with Crippen molar-refractivity contribution in [3.05, 3.63) is 17.8 Å². The molecule has 1 aromatic heterocycles. The maximum atomic E-state index is 13.9. The van der Waals surface area contributed by atoms with Crippen LogP contribution in [0, 0.1) is 5.82 Å². The molecular weight excluding hydrogens is 229 g/mol. The number of hydrogen-bond donors (Lipinski definition) is 1. The molecule has 0 saturated carbocycles. The monoisotopic (exact) mass is 253 g/mol. The standard InChI is InChI=1S/C14H24FN3/c1-4-6-7-8-9-11(3)18-14-13(15)12(5-2)16-10-17-14/h10-11H,4-9H2,1-3H3,(H,16,17,18). The fourth-order valence-corrected chi connectivity index (χ4v) is 1.94. The van der Waals surface area contributed by atoms with Gasteiger partial charge in [-0.05, 0) is 19.8 Å². The first-order valence-corrected chi connectivity index (χ1v) is 6.94. The van der Waals surface area contributed by atoms with Crippen LogP contribution in [0.5, 0.6) is 0 Å². The number of hydrogen-bond acceptors (Lipinski definition) is 3. The zero-order chi connectivity index (χ0) is 13.4. The molecule has 0 aliphatic rings. The van der Waals surface area contributed by atoms with E-state index in [0.717, 1.165) is 6.42 Å². The fraction of sp³-hybridized carbons (Fsp3) is 0.714. The molecule has 1 heterocycles. The van der Waals surface area contributed by atoms with Gasteiger partial charge in [0.15, 0.2) is 11.6 Å². The van der Waals surface area contributed by atoms with Gasteiger partial charge in [-0.2, -0.15) is 0 Å². The number of anilines is 1. The Labute approximate surface area is 109 Å². The summed E-state index contributed by atoms with van der Waals surface area (Å²) in [4.78, 5) is 7.90. The Kier molecular flexibility index (Phi) is 6.61. The highest BCUT2D eigenvalue weighted by atomic mass is 19.1. The number of unbranched alkanes of at least 4 members (excludes halogenated alkanes) is 3. The smallest absolute Gasteiger partial charge is 0.186 e. The SMILES string of the molecule is CCCCCCC(C)Nc1ncnc(CC)c1F. The van der Waals surface area contributed by atoms with Crippen LogP contribution in [0.2, 0.25) is 0 Å². The van der Waals surface area contributed by atoms with E-state index in [1.165, 1.54) is 32.0 Å². The van der Waals surface area contributed by atoms with Crippen molar-refractivity contribution in [2.45, 2.75) is 65.3 Å². The molecule has 0 aliphatic carbocycles. The Bertz CT molecular complexity index is 355. The first kappa shape index (κ1) is 14.9. The molecule has 1 aromatic rings. The van der Waals surface area contributed by atoms with Gasteiger partial charge < -0.3 is 5.32 Å². The van der Waals surface area contributed by atoms with E-state index in [1.54, 1.807) is 0 Å². The molecule has 1 rings (SSSR count). The molecule has 0 aromatic carbocycles. The van der Waals surface area contributed by atoms with Gasteiger partial charge in [0.2, 0.25) is 0 Å². The van der Waals surface area contributed by atoms with Crippen molar-refractivity contribution in [2.24, 2.45) is 0 Å².